The summed E-state index contributed by atoms with van der Waals surface area (Å²) in [6.07, 6.45) is -6.22. The number of piperidine rings is 1. The van der Waals surface area contributed by atoms with Gasteiger partial charge in [-0.25, -0.2) is 9.59 Å². The van der Waals surface area contributed by atoms with E-state index in [9.17, 15) is 22.8 Å². The summed E-state index contributed by atoms with van der Waals surface area (Å²) in [5.41, 5.74) is 0.803. The molecule has 1 aromatic heterocycles. The van der Waals surface area contributed by atoms with Crippen LogP contribution in [0.4, 0.5) is 22.8 Å². The van der Waals surface area contributed by atoms with Crippen LogP contribution in [-0.4, -0.2) is 63.0 Å². The SMILES string of the molecule is CC(C)(C)OC(=O)N1C[C@@H](N(OCc2ccccc2)C(=O)OCc2ccccc2)CC[C@@H]1c1nnc(C2CC(OC(F)(F)F)C2)o1. The van der Waals surface area contributed by atoms with Gasteiger partial charge in [0.05, 0.1) is 12.1 Å². The van der Waals surface area contributed by atoms with Crippen molar-refractivity contribution < 1.29 is 46.2 Å². The van der Waals surface area contributed by atoms with Crippen molar-refractivity contribution in [2.45, 2.75) is 95.7 Å². The Labute approximate surface area is 264 Å². The Morgan fingerprint density at radius 3 is 2.13 bits per heavy atom. The van der Waals surface area contributed by atoms with E-state index in [4.69, 9.17) is 18.7 Å². The minimum atomic E-state index is -4.71. The molecule has 248 valence electrons. The van der Waals surface area contributed by atoms with Crippen molar-refractivity contribution >= 4 is 12.2 Å². The van der Waals surface area contributed by atoms with Gasteiger partial charge in [-0.05, 0) is 57.6 Å². The molecule has 2 heterocycles. The Morgan fingerprint density at radius 1 is 0.913 bits per heavy atom. The van der Waals surface area contributed by atoms with Gasteiger partial charge in [0.25, 0.3) is 0 Å². The van der Waals surface area contributed by atoms with Crippen LogP contribution in [0.5, 0.6) is 0 Å². The van der Waals surface area contributed by atoms with Crippen molar-refractivity contribution in [3.8, 4) is 0 Å². The smallest absolute Gasteiger partial charge is 0.444 e. The number of alkyl halides is 3. The van der Waals surface area contributed by atoms with Gasteiger partial charge in [-0.2, -0.15) is 5.06 Å². The fourth-order valence-corrected chi connectivity index (χ4v) is 5.33. The molecule has 11 nitrogen and oxygen atoms in total. The number of rotatable bonds is 9. The third-order valence-corrected chi connectivity index (χ3v) is 7.60. The van der Waals surface area contributed by atoms with E-state index < -0.39 is 42.3 Å². The standard InChI is InChI=1S/C32H37F3N4O7/c1-31(2,3)46-29(40)38-18-24(14-15-26(38)28-37-36-27(44-28)23-16-25(17-23)45-32(33,34)35)39(43-20-22-12-8-5-9-13-22)30(41)42-19-21-10-6-4-7-11-21/h4-13,23-26H,14-20H2,1-3H3/t23?,24-,25?,26+/m0/s1. The summed E-state index contributed by atoms with van der Waals surface area (Å²) in [7, 11) is 0. The predicted octanol–water partition coefficient (Wildman–Crippen LogP) is 7.06. The molecule has 5 rings (SSSR count). The van der Waals surface area contributed by atoms with E-state index in [2.05, 4.69) is 14.9 Å². The molecule has 1 aliphatic heterocycles. The van der Waals surface area contributed by atoms with E-state index >= 15 is 0 Å². The molecule has 46 heavy (non-hydrogen) atoms. The predicted molar refractivity (Wildman–Crippen MR) is 156 cm³/mol. The number of carbonyl (C=O) groups excluding carboxylic acids is 2. The van der Waals surface area contributed by atoms with Crippen LogP contribution >= 0.6 is 0 Å². The summed E-state index contributed by atoms with van der Waals surface area (Å²) in [5.74, 6) is -0.0790. The van der Waals surface area contributed by atoms with Crippen LogP contribution in [0.1, 0.15) is 81.3 Å². The van der Waals surface area contributed by atoms with Crippen LogP contribution in [0.2, 0.25) is 0 Å². The number of ether oxygens (including phenoxy) is 3. The number of benzene rings is 2. The Bertz CT molecular complexity index is 1440. The first-order valence-electron chi connectivity index (χ1n) is 15.1. The number of aromatic nitrogens is 2. The van der Waals surface area contributed by atoms with Gasteiger partial charge in [-0.1, -0.05) is 60.7 Å². The van der Waals surface area contributed by atoms with Crippen LogP contribution in [0, 0.1) is 0 Å². The minimum absolute atomic E-state index is 0.00253. The molecule has 1 saturated carbocycles. The normalized spacial score (nSPS) is 21.7. The molecule has 1 aliphatic carbocycles. The first kappa shape index (κ1) is 33.2. The number of halogens is 3. The van der Waals surface area contributed by atoms with Crippen LogP contribution in [0.3, 0.4) is 0 Å². The first-order valence-corrected chi connectivity index (χ1v) is 15.1. The molecule has 2 atom stereocenters. The third kappa shape index (κ3) is 8.97. The molecule has 1 saturated heterocycles. The second kappa shape index (κ2) is 14.1. The van der Waals surface area contributed by atoms with E-state index in [1.807, 2.05) is 60.7 Å². The monoisotopic (exact) mass is 646 g/mol. The van der Waals surface area contributed by atoms with Gasteiger partial charge in [0.15, 0.2) is 0 Å². The maximum Gasteiger partial charge on any atom is 0.522 e. The molecular formula is C32H37F3N4O7. The number of nitrogens with zero attached hydrogens (tertiary/aromatic N) is 4. The van der Waals surface area contributed by atoms with Gasteiger partial charge in [0.1, 0.15) is 24.9 Å². The summed E-state index contributed by atoms with van der Waals surface area (Å²) < 4.78 is 59.0. The largest absolute Gasteiger partial charge is 0.522 e. The summed E-state index contributed by atoms with van der Waals surface area (Å²) >= 11 is 0. The van der Waals surface area contributed by atoms with Crippen molar-refractivity contribution in [2.24, 2.45) is 0 Å². The van der Waals surface area contributed by atoms with Crippen molar-refractivity contribution in [1.29, 1.82) is 0 Å². The number of hydroxylamine groups is 2. The van der Waals surface area contributed by atoms with E-state index in [0.717, 1.165) is 16.2 Å². The average molecular weight is 647 g/mol. The summed E-state index contributed by atoms with van der Waals surface area (Å²) in [4.78, 5) is 34.4. The van der Waals surface area contributed by atoms with Gasteiger partial charge in [-0.15, -0.1) is 23.4 Å². The number of likely N-dealkylation sites (tertiary alicyclic amines) is 1. The Hall–Kier alpha value is -4.17. The van der Waals surface area contributed by atoms with Gasteiger partial charge < -0.3 is 13.9 Å². The van der Waals surface area contributed by atoms with Gasteiger partial charge in [-0.3, -0.25) is 14.5 Å². The maximum atomic E-state index is 13.5. The van der Waals surface area contributed by atoms with Crippen molar-refractivity contribution in [2.75, 3.05) is 6.54 Å². The molecule has 0 unspecified atom stereocenters. The minimum Gasteiger partial charge on any atom is -0.444 e. The summed E-state index contributed by atoms with van der Waals surface area (Å²) in [6.45, 7) is 5.31. The lowest BCUT2D eigenvalue weighted by molar-refractivity contribution is -0.352. The lowest BCUT2D eigenvalue weighted by Crippen LogP contribution is -2.53. The number of hydrogen-bond donors (Lipinski definition) is 0. The highest BCUT2D eigenvalue weighted by Gasteiger charge is 2.45. The van der Waals surface area contributed by atoms with Gasteiger partial charge in [0, 0.05) is 12.5 Å². The molecule has 3 aromatic rings. The zero-order valence-electron chi connectivity index (χ0n) is 25.8. The van der Waals surface area contributed by atoms with Crippen LogP contribution in [-0.2, 0) is 32.3 Å². The summed E-state index contributed by atoms with van der Waals surface area (Å²) in [6, 6.07) is 17.2. The molecule has 2 aromatic carbocycles. The van der Waals surface area contributed by atoms with Crippen LogP contribution in [0.15, 0.2) is 65.1 Å². The Morgan fingerprint density at radius 2 is 1.52 bits per heavy atom. The van der Waals surface area contributed by atoms with Crippen molar-refractivity contribution in [3.63, 3.8) is 0 Å². The molecular weight excluding hydrogens is 609 g/mol. The van der Waals surface area contributed by atoms with Crippen LogP contribution < -0.4 is 0 Å². The highest BCUT2D eigenvalue weighted by molar-refractivity contribution is 5.70. The number of hydrogen-bond acceptors (Lipinski definition) is 9. The topological polar surface area (TPSA) is 116 Å². The van der Waals surface area contributed by atoms with Gasteiger partial charge >= 0.3 is 18.5 Å². The maximum absolute atomic E-state index is 13.5. The fraction of sp³-hybridized carbons (Fsp3) is 0.500. The van der Waals surface area contributed by atoms with E-state index in [1.165, 1.54) is 4.90 Å². The van der Waals surface area contributed by atoms with Crippen molar-refractivity contribution in [1.82, 2.24) is 20.2 Å². The molecule has 0 radical (unpaired) electrons. The van der Waals surface area contributed by atoms with Crippen molar-refractivity contribution in [3.05, 3.63) is 83.6 Å². The molecule has 0 spiro atoms. The van der Waals surface area contributed by atoms with Crippen LogP contribution in [0.25, 0.3) is 0 Å². The number of carbonyl (C=O) groups is 2. The second-order valence-corrected chi connectivity index (χ2v) is 12.3. The molecule has 0 N–H and O–H groups in total. The molecule has 14 heteroatoms. The van der Waals surface area contributed by atoms with E-state index in [1.54, 1.807) is 20.8 Å². The highest BCUT2D eigenvalue weighted by Crippen LogP contribution is 2.42. The average Bonchev–Trinajstić information content (AvgIpc) is 3.47. The van der Waals surface area contributed by atoms with Gasteiger partial charge in [0.2, 0.25) is 11.8 Å². The second-order valence-electron chi connectivity index (χ2n) is 12.3. The zero-order valence-corrected chi connectivity index (χ0v) is 25.8. The lowest BCUT2D eigenvalue weighted by Gasteiger charge is -2.41. The van der Waals surface area contributed by atoms with E-state index in [0.29, 0.717) is 12.8 Å². The first-order chi connectivity index (χ1) is 21.8. The Balaban J connectivity index is 1.32. The zero-order chi connectivity index (χ0) is 32.9. The molecule has 2 fully saturated rings. The fourth-order valence-electron chi connectivity index (χ4n) is 5.33. The number of amides is 2. The summed E-state index contributed by atoms with van der Waals surface area (Å²) in [5, 5.41) is 9.38. The quantitative estimate of drug-likeness (QED) is 0.225. The lowest BCUT2D eigenvalue weighted by atomic mass is 9.82. The molecule has 0 bridgehead atoms. The molecule has 2 aliphatic rings. The third-order valence-electron chi connectivity index (χ3n) is 7.60. The highest BCUT2D eigenvalue weighted by atomic mass is 19.4. The molecule has 2 amide bonds. The Kier molecular flexibility index (Phi) is 10.2. The van der Waals surface area contributed by atoms with E-state index in [-0.39, 0.29) is 50.3 Å².